The Labute approximate surface area is 90.5 Å². The lowest BCUT2D eigenvalue weighted by atomic mass is 10.2. The normalized spacial score (nSPS) is 13.0. The van der Waals surface area contributed by atoms with Crippen molar-refractivity contribution >= 4 is 11.3 Å². The predicted molar refractivity (Wildman–Crippen MR) is 63.8 cm³/mol. The van der Waals surface area contributed by atoms with Crippen molar-refractivity contribution in [3.05, 3.63) is 22.4 Å². The second-order valence-electron chi connectivity index (χ2n) is 3.63. The van der Waals surface area contributed by atoms with E-state index in [0.717, 1.165) is 13.1 Å². The van der Waals surface area contributed by atoms with E-state index in [1.807, 2.05) is 11.3 Å². The molecule has 0 saturated heterocycles. The fourth-order valence-corrected chi connectivity index (χ4v) is 2.06. The van der Waals surface area contributed by atoms with Crippen LogP contribution in [0, 0.1) is 0 Å². The number of rotatable bonds is 7. The van der Waals surface area contributed by atoms with Gasteiger partial charge in [-0.3, -0.25) is 0 Å². The first-order valence-corrected chi connectivity index (χ1v) is 6.16. The third-order valence-electron chi connectivity index (χ3n) is 2.28. The molecule has 0 spiro atoms. The number of nitrogens with one attached hydrogen (secondary N) is 1. The van der Waals surface area contributed by atoms with Gasteiger partial charge in [-0.1, -0.05) is 6.07 Å². The Morgan fingerprint density at radius 3 is 3.00 bits per heavy atom. The van der Waals surface area contributed by atoms with Gasteiger partial charge in [0.1, 0.15) is 0 Å². The van der Waals surface area contributed by atoms with E-state index >= 15 is 0 Å². The number of unbranched alkanes of at least 4 members (excludes halogenated alkanes) is 1. The highest BCUT2D eigenvalue weighted by Gasteiger charge is 1.97. The summed E-state index contributed by atoms with van der Waals surface area (Å²) < 4.78 is 0. The van der Waals surface area contributed by atoms with E-state index in [4.69, 9.17) is 5.73 Å². The third-order valence-corrected chi connectivity index (χ3v) is 3.21. The number of hydrogen-bond donors (Lipinski definition) is 2. The van der Waals surface area contributed by atoms with Crippen LogP contribution in [0.15, 0.2) is 17.5 Å². The van der Waals surface area contributed by atoms with Gasteiger partial charge < -0.3 is 11.1 Å². The highest BCUT2D eigenvalue weighted by molar-refractivity contribution is 7.09. The first-order chi connectivity index (χ1) is 6.83. The van der Waals surface area contributed by atoms with Crippen molar-refractivity contribution in [2.75, 3.05) is 13.1 Å². The smallest absolute Gasteiger partial charge is 0.0161 e. The average Bonchev–Trinajstić information content (AvgIpc) is 2.69. The Bertz CT molecular complexity index is 221. The predicted octanol–water partition coefficient (Wildman–Crippen LogP) is 2.01. The second-order valence-corrected chi connectivity index (χ2v) is 4.66. The molecule has 3 heteroatoms. The first-order valence-electron chi connectivity index (χ1n) is 5.28. The molecule has 1 rings (SSSR count). The van der Waals surface area contributed by atoms with Gasteiger partial charge in [0.05, 0.1) is 0 Å². The van der Waals surface area contributed by atoms with Gasteiger partial charge in [0.25, 0.3) is 0 Å². The molecule has 0 fully saturated rings. The van der Waals surface area contributed by atoms with E-state index in [0.29, 0.717) is 6.04 Å². The Kier molecular flexibility index (Phi) is 5.83. The molecule has 1 heterocycles. The van der Waals surface area contributed by atoms with Gasteiger partial charge in [-0.2, -0.15) is 0 Å². The van der Waals surface area contributed by atoms with Crippen LogP contribution in [-0.2, 0) is 6.42 Å². The van der Waals surface area contributed by atoms with Gasteiger partial charge in [-0.15, -0.1) is 11.3 Å². The molecule has 80 valence electrons. The van der Waals surface area contributed by atoms with Crippen LogP contribution in [0.2, 0.25) is 0 Å². The zero-order valence-corrected chi connectivity index (χ0v) is 9.65. The number of thiophene rings is 1. The van der Waals surface area contributed by atoms with Crippen LogP contribution in [0.4, 0.5) is 0 Å². The molecule has 0 unspecified atom stereocenters. The summed E-state index contributed by atoms with van der Waals surface area (Å²) in [6.07, 6.45) is 3.73. The van der Waals surface area contributed by atoms with Crippen molar-refractivity contribution in [2.45, 2.75) is 32.2 Å². The quantitative estimate of drug-likeness (QED) is 0.679. The Morgan fingerprint density at radius 2 is 2.36 bits per heavy atom. The fraction of sp³-hybridized carbons (Fsp3) is 0.636. The molecule has 1 aromatic heterocycles. The van der Waals surface area contributed by atoms with E-state index < -0.39 is 0 Å². The van der Waals surface area contributed by atoms with E-state index in [9.17, 15) is 0 Å². The second kappa shape index (κ2) is 6.98. The monoisotopic (exact) mass is 212 g/mol. The van der Waals surface area contributed by atoms with Gasteiger partial charge in [-0.25, -0.2) is 0 Å². The van der Waals surface area contributed by atoms with Crippen molar-refractivity contribution in [2.24, 2.45) is 5.73 Å². The third kappa shape index (κ3) is 4.74. The Morgan fingerprint density at radius 1 is 1.50 bits per heavy atom. The summed E-state index contributed by atoms with van der Waals surface area (Å²) in [4.78, 5) is 1.50. The molecule has 0 radical (unpaired) electrons. The van der Waals surface area contributed by atoms with Crippen molar-refractivity contribution in [1.29, 1.82) is 0 Å². The summed E-state index contributed by atoms with van der Waals surface area (Å²) in [6, 6.07) is 4.78. The minimum Gasteiger partial charge on any atom is -0.329 e. The number of hydrogen-bond acceptors (Lipinski definition) is 3. The molecule has 0 aliphatic rings. The van der Waals surface area contributed by atoms with Crippen molar-refractivity contribution in [3.63, 3.8) is 0 Å². The van der Waals surface area contributed by atoms with E-state index in [1.165, 1.54) is 24.1 Å². The lowest BCUT2D eigenvalue weighted by Crippen LogP contribution is -2.33. The van der Waals surface area contributed by atoms with Gasteiger partial charge in [-0.05, 0) is 44.2 Å². The zero-order chi connectivity index (χ0) is 10.2. The molecule has 0 saturated carbocycles. The molecule has 0 aliphatic carbocycles. The van der Waals surface area contributed by atoms with Gasteiger partial charge in [0.2, 0.25) is 0 Å². The first kappa shape index (κ1) is 11.7. The van der Waals surface area contributed by atoms with Crippen LogP contribution in [0.25, 0.3) is 0 Å². The Balaban J connectivity index is 1.95. The number of nitrogens with two attached hydrogens (primary N) is 1. The molecular weight excluding hydrogens is 192 g/mol. The minimum absolute atomic E-state index is 0.455. The van der Waals surface area contributed by atoms with Crippen LogP contribution in [-0.4, -0.2) is 19.1 Å². The summed E-state index contributed by atoms with van der Waals surface area (Å²) in [5.74, 6) is 0. The maximum Gasteiger partial charge on any atom is 0.0161 e. The van der Waals surface area contributed by atoms with Crippen molar-refractivity contribution in [3.8, 4) is 0 Å². The molecule has 14 heavy (non-hydrogen) atoms. The molecule has 2 nitrogen and oxygen atoms in total. The summed E-state index contributed by atoms with van der Waals surface area (Å²) >= 11 is 1.85. The van der Waals surface area contributed by atoms with Crippen molar-refractivity contribution in [1.82, 2.24) is 5.32 Å². The van der Waals surface area contributed by atoms with Crippen molar-refractivity contribution < 1.29 is 0 Å². The van der Waals surface area contributed by atoms with Gasteiger partial charge in [0, 0.05) is 17.5 Å². The summed E-state index contributed by atoms with van der Waals surface area (Å²) in [6.45, 7) is 3.94. The maximum absolute atomic E-state index is 5.50. The molecule has 3 N–H and O–H groups in total. The molecule has 0 amide bonds. The highest BCUT2D eigenvalue weighted by atomic mass is 32.1. The van der Waals surface area contributed by atoms with E-state index in [1.54, 1.807) is 0 Å². The largest absolute Gasteiger partial charge is 0.329 e. The molecule has 0 aliphatic heterocycles. The standard InChI is InChI=1S/C11H20N2S/c1-10(9-12)13-7-3-2-5-11-6-4-8-14-11/h4,6,8,10,13H,2-3,5,7,9,12H2,1H3/t10-/m1/s1. The van der Waals surface area contributed by atoms with Crippen LogP contribution in [0.3, 0.4) is 0 Å². The lowest BCUT2D eigenvalue weighted by molar-refractivity contribution is 0.534. The Hall–Kier alpha value is -0.380. The maximum atomic E-state index is 5.50. The summed E-state index contributed by atoms with van der Waals surface area (Å²) in [5, 5.41) is 5.53. The highest BCUT2D eigenvalue weighted by Crippen LogP contribution is 2.11. The molecule has 1 atom stereocenters. The van der Waals surface area contributed by atoms with Gasteiger partial charge in [0.15, 0.2) is 0 Å². The van der Waals surface area contributed by atoms with E-state index in [-0.39, 0.29) is 0 Å². The fourth-order valence-electron chi connectivity index (χ4n) is 1.31. The molecular formula is C11H20N2S. The summed E-state index contributed by atoms with van der Waals surface area (Å²) in [7, 11) is 0. The minimum atomic E-state index is 0.455. The van der Waals surface area contributed by atoms with E-state index in [2.05, 4.69) is 29.8 Å². The van der Waals surface area contributed by atoms with Crippen LogP contribution >= 0.6 is 11.3 Å². The zero-order valence-electron chi connectivity index (χ0n) is 8.83. The molecule has 0 bridgehead atoms. The van der Waals surface area contributed by atoms with Crippen LogP contribution in [0.1, 0.15) is 24.6 Å². The average molecular weight is 212 g/mol. The number of aryl methyl sites for hydroxylation is 1. The molecule has 1 aromatic rings. The molecule has 0 aromatic carbocycles. The summed E-state index contributed by atoms with van der Waals surface area (Å²) in [5.41, 5.74) is 5.50. The topological polar surface area (TPSA) is 38.0 Å². The van der Waals surface area contributed by atoms with Crippen LogP contribution in [0.5, 0.6) is 0 Å². The van der Waals surface area contributed by atoms with Gasteiger partial charge >= 0.3 is 0 Å². The van der Waals surface area contributed by atoms with Crippen LogP contribution < -0.4 is 11.1 Å². The SMILES string of the molecule is C[C@H](CN)NCCCCc1cccs1. The lowest BCUT2D eigenvalue weighted by Gasteiger charge is -2.10.